The Balaban J connectivity index is 1.63. The monoisotopic (exact) mass is 551 g/mol. The standard InChI is InChI=1S/C28H23Cl2N3O3S/c1-15-25(16(2)34)26(17-5-8-19(9-6-17)32(3)4)33-27(35)24(37-28(33)31-15)14-20-10-12-23(36-20)21-13-18(29)7-11-22(21)30/h5-14,26H,1-4H3/b24-14+/t26-/m1/s1. The van der Waals surface area contributed by atoms with E-state index in [1.165, 1.54) is 18.3 Å². The zero-order valence-corrected chi connectivity index (χ0v) is 22.9. The van der Waals surface area contributed by atoms with E-state index in [2.05, 4.69) is 4.99 Å². The number of hydrogen-bond acceptors (Lipinski definition) is 6. The van der Waals surface area contributed by atoms with Crippen molar-refractivity contribution in [3.8, 4) is 11.3 Å². The molecule has 1 aliphatic rings. The van der Waals surface area contributed by atoms with E-state index in [4.69, 9.17) is 27.6 Å². The van der Waals surface area contributed by atoms with Crippen molar-refractivity contribution in [3.05, 3.63) is 107 Å². The molecule has 0 fully saturated rings. The molecule has 3 heterocycles. The van der Waals surface area contributed by atoms with E-state index in [9.17, 15) is 9.59 Å². The number of fused-ring (bicyclic) bond motifs is 1. The summed E-state index contributed by atoms with van der Waals surface area (Å²) < 4.78 is 8.03. The van der Waals surface area contributed by atoms with E-state index < -0.39 is 6.04 Å². The maximum absolute atomic E-state index is 13.7. The largest absolute Gasteiger partial charge is 0.457 e. The first kappa shape index (κ1) is 25.3. The van der Waals surface area contributed by atoms with Gasteiger partial charge in [-0.05, 0) is 61.9 Å². The number of thiazole rings is 1. The van der Waals surface area contributed by atoms with E-state index in [0.29, 0.717) is 47.7 Å². The van der Waals surface area contributed by atoms with Gasteiger partial charge in [0, 0.05) is 47.7 Å². The van der Waals surface area contributed by atoms with Crippen molar-refractivity contribution in [2.45, 2.75) is 19.9 Å². The van der Waals surface area contributed by atoms with Gasteiger partial charge in [0.1, 0.15) is 11.5 Å². The number of aromatic nitrogens is 1. The average Bonchev–Trinajstić information content (AvgIpc) is 3.44. The first-order valence-electron chi connectivity index (χ1n) is 11.5. The molecule has 6 nitrogen and oxygen atoms in total. The summed E-state index contributed by atoms with van der Waals surface area (Å²) in [4.78, 5) is 33.5. The predicted octanol–water partition coefficient (Wildman–Crippen LogP) is 5.46. The molecule has 0 saturated carbocycles. The normalized spacial score (nSPS) is 15.5. The number of rotatable bonds is 5. The SMILES string of the molecule is CC(=O)C1=C(C)N=c2s/c(=C/c3ccc(-c4cc(Cl)ccc4Cl)o3)c(=O)n2[C@@H]1c1ccc(N(C)C)cc1. The molecule has 0 radical (unpaired) electrons. The highest BCUT2D eigenvalue weighted by molar-refractivity contribution is 7.07. The molecule has 0 amide bonds. The Hall–Kier alpha value is -3.39. The summed E-state index contributed by atoms with van der Waals surface area (Å²) in [6.07, 6.45) is 1.69. The molecular weight excluding hydrogens is 529 g/mol. The summed E-state index contributed by atoms with van der Waals surface area (Å²) >= 11 is 13.7. The molecule has 2 aromatic heterocycles. The molecule has 0 N–H and O–H groups in total. The van der Waals surface area contributed by atoms with Crippen LogP contribution in [-0.4, -0.2) is 24.4 Å². The van der Waals surface area contributed by atoms with E-state index in [0.717, 1.165) is 11.3 Å². The Morgan fingerprint density at radius 1 is 1.11 bits per heavy atom. The molecule has 37 heavy (non-hydrogen) atoms. The van der Waals surface area contributed by atoms with Crippen molar-refractivity contribution in [2.24, 2.45) is 4.99 Å². The number of anilines is 1. The van der Waals surface area contributed by atoms with Gasteiger partial charge in [-0.3, -0.25) is 14.2 Å². The van der Waals surface area contributed by atoms with Crippen LogP contribution in [0, 0.1) is 0 Å². The van der Waals surface area contributed by atoms with Crippen molar-refractivity contribution in [3.63, 3.8) is 0 Å². The number of Topliss-reactive ketones (excluding diaryl/α,β-unsaturated/α-hetero) is 1. The van der Waals surface area contributed by atoms with Crippen LogP contribution >= 0.6 is 34.5 Å². The highest BCUT2D eigenvalue weighted by atomic mass is 35.5. The van der Waals surface area contributed by atoms with Gasteiger partial charge in [-0.15, -0.1) is 0 Å². The summed E-state index contributed by atoms with van der Waals surface area (Å²) in [5, 5.41) is 1.05. The molecule has 1 aliphatic heterocycles. The minimum Gasteiger partial charge on any atom is -0.457 e. The highest BCUT2D eigenvalue weighted by Crippen LogP contribution is 2.33. The predicted molar refractivity (Wildman–Crippen MR) is 149 cm³/mol. The van der Waals surface area contributed by atoms with E-state index in [1.807, 2.05) is 50.2 Å². The van der Waals surface area contributed by atoms with Gasteiger partial charge < -0.3 is 9.32 Å². The molecule has 1 atom stereocenters. The third-order valence-electron chi connectivity index (χ3n) is 6.22. The summed E-state index contributed by atoms with van der Waals surface area (Å²) in [5.41, 5.74) is 3.40. The Bertz CT molecular complexity index is 1740. The molecule has 188 valence electrons. The van der Waals surface area contributed by atoms with Gasteiger partial charge in [-0.1, -0.05) is 46.7 Å². The zero-order valence-electron chi connectivity index (χ0n) is 20.6. The molecule has 4 aromatic rings. The quantitative estimate of drug-likeness (QED) is 0.330. The second kappa shape index (κ2) is 9.82. The minimum absolute atomic E-state index is 0.119. The second-order valence-corrected chi connectivity index (χ2v) is 10.8. The molecule has 0 unspecified atom stereocenters. The van der Waals surface area contributed by atoms with Crippen LogP contribution in [0.4, 0.5) is 5.69 Å². The van der Waals surface area contributed by atoms with Gasteiger partial charge in [0.25, 0.3) is 5.56 Å². The molecule has 0 bridgehead atoms. The van der Waals surface area contributed by atoms with E-state index in [-0.39, 0.29) is 11.3 Å². The van der Waals surface area contributed by atoms with Crippen LogP contribution < -0.4 is 19.8 Å². The fourth-order valence-corrected chi connectivity index (χ4v) is 5.84. The van der Waals surface area contributed by atoms with Crippen molar-refractivity contribution in [2.75, 3.05) is 19.0 Å². The number of ketones is 1. The third-order valence-corrected chi connectivity index (χ3v) is 7.77. The number of furan rings is 1. The number of carbonyl (C=O) groups excluding carboxylic acids is 1. The first-order valence-corrected chi connectivity index (χ1v) is 13.1. The average molecular weight is 552 g/mol. The van der Waals surface area contributed by atoms with Gasteiger partial charge >= 0.3 is 0 Å². The number of allylic oxidation sites excluding steroid dienone is 2. The maximum atomic E-state index is 13.7. The Morgan fingerprint density at radius 2 is 1.84 bits per heavy atom. The molecule has 5 rings (SSSR count). The number of carbonyl (C=O) groups is 1. The van der Waals surface area contributed by atoms with Crippen LogP contribution in [0.5, 0.6) is 0 Å². The number of hydrogen-bond donors (Lipinski definition) is 0. The lowest BCUT2D eigenvalue weighted by atomic mass is 9.93. The highest BCUT2D eigenvalue weighted by Gasteiger charge is 2.30. The van der Waals surface area contributed by atoms with Gasteiger partial charge in [-0.25, -0.2) is 4.99 Å². The molecule has 0 spiro atoms. The van der Waals surface area contributed by atoms with Crippen molar-refractivity contribution >= 4 is 52.1 Å². The molecule has 2 aromatic carbocycles. The Labute approximate surface area is 227 Å². The van der Waals surface area contributed by atoms with Gasteiger partial charge in [-0.2, -0.15) is 0 Å². The van der Waals surface area contributed by atoms with Crippen LogP contribution in [0.2, 0.25) is 10.0 Å². The van der Waals surface area contributed by atoms with E-state index >= 15 is 0 Å². The molecule has 9 heteroatoms. The van der Waals surface area contributed by atoms with Gasteiger partial charge in [0.05, 0.1) is 15.6 Å². The summed E-state index contributed by atoms with van der Waals surface area (Å²) in [7, 11) is 3.92. The maximum Gasteiger partial charge on any atom is 0.271 e. The first-order chi connectivity index (χ1) is 17.6. The van der Waals surface area contributed by atoms with Crippen LogP contribution in [0.25, 0.3) is 17.4 Å². The Kier molecular flexibility index (Phi) is 6.70. The summed E-state index contributed by atoms with van der Waals surface area (Å²) in [6, 6.07) is 16.0. The Morgan fingerprint density at radius 3 is 2.51 bits per heavy atom. The lowest BCUT2D eigenvalue weighted by molar-refractivity contribution is -0.114. The van der Waals surface area contributed by atoms with Gasteiger partial charge in [0.15, 0.2) is 10.6 Å². The van der Waals surface area contributed by atoms with Crippen LogP contribution in [0.3, 0.4) is 0 Å². The lowest BCUT2D eigenvalue weighted by Gasteiger charge is -2.25. The minimum atomic E-state index is -0.565. The number of halogens is 2. The molecule has 0 aliphatic carbocycles. The third kappa shape index (κ3) is 4.70. The summed E-state index contributed by atoms with van der Waals surface area (Å²) in [5.74, 6) is 0.914. The summed E-state index contributed by atoms with van der Waals surface area (Å²) in [6.45, 7) is 3.32. The van der Waals surface area contributed by atoms with E-state index in [1.54, 1.807) is 41.0 Å². The van der Waals surface area contributed by atoms with Crippen molar-refractivity contribution < 1.29 is 9.21 Å². The smallest absolute Gasteiger partial charge is 0.271 e. The second-order valence-electron chi connectivity index (χ2n) is 8.95. The lowest BCUT2D eigenvalue weighted by Crippen LogP contribution is -2.39. The van der Waals surface area contributed by atoms with Crippen LogP contribution in [0.15, 0.2) is 80.1 Å². The topological polar surface area (TPSA) is 67.8 Å². The van der Waals surface area contributed by atoms with Crippen molar-refractivity contribution in [1.29, 1.82) is 0 Å². The fraction of sp³-hybridized carbons (Fsp3) is 0.179. The van der Waals surface area contributed by atoms with Crippen molar-refractivity contribution in [1.82, 2.24) is 4.57 Å². The van der Waals surface area contributed by atoms with Crippen LogP contribution in [-0.2, 0) is 4.79 Å². The fourth-order valence-electron chi connectivity index (χ4n) is 4.43. The number of nitrogens with zero attached hydrogens (tertiary/aromatic N) is 3. The van der Waals surface area contributed by atoms with Crippen LogP contribution in [0.1, 0.15) is 31.2 Å². The molecular formula is C28H23Cl2N3O3S. The number of benzene rings is 2. The zero-order chi connectivity index (χ0) is 26.4. The van der Waals surface area contributed by atoms with Gasteiger partial charge in [0.2, 0.25) is 0 Å². The molecule has 0 saturated heterocycles.